The number of carbonyl (C=O) groups excluding carboxylic acids is 1. The van der Waals surface area contributed by atoms with E-state index in [0.29, 0.717) is 18.9 Å². The first-order valence-corrected chi connectivity index (χ1v) is 12.6. The van der Waals surface area contributed by atoms with Gasteiger partial charge in [0.15, 0.2) is 0 Å². The second kappa shape index (κ2) is 6.91. The van der Waals surface area contributed by atoms with Crippen LogP contribution in [-0.2, 0) is 19.0 Å². The van der Waals surface area contributed by atoms with E-state index >= 15 is 0 Å². The Bertz CT molecular complexity index is 807. The molecular weight excluding hydrogens is 410 g/mol. The second-order valence-corrected chi connectivity index (χ2v) is 11.8. The molecule has 0 aromatic rings. The zero-order valence-electron chi connectivity index (χ0n) is 19.8. The summed E-state index contributed by atoms with van der Waals surface area (Å²) in [6.45, 7) is 6.27. The van der Waals surface area contributed by atoms with Crippen LogP contribution in [0, 0.1) is 40.4 Å². The Labute approximate surface area is 190 Å². The van der Waals surface area contributed by atoms with Gasteiger partial charge in [0.05, 0.1) is 24.4 Å². The minimum Gasteiger partial charge on any atom is -0.462 e. The normalized spacial score (nSPS) is 57.5. The minimum absolute atomic E-state index is 0.0138. The fourth-order valence-corrected chi connectivity index (χ4v) is 10.7. The van der Waals surface area contributed by atoms with E-state index in [1.54, 1.807) is 14.2 Å². The van der Waals surface area contributed by atoms with E-state index in [1.807, 2.05) is 0 Å². The van der Waals surface area contributed by atoms with Crippen LogP contribution in [0.1, 0.15) is 46.0 Å². The summed E-state index contributed by atoms with van der Waals surface area (Å²) < 4.78 is 17.7. The molecule has 0 aromatic heterocycles. The molecule has 0 amide bonds. The second-order valence-electron chi connectivity index (χ2n) is 11.8. The zero-order valence-corrected chi connectivity index (χ0v) is 19.8. The summed E-state index contributed by atoms with van der Waals surface area (Å²) in [6, 6.07) is 0.163. The molecule has 1 heterocycles. The predicted octanol–water partition coefficient (Wildman–Crippen LogP) is 1.45. The molecule has 5 aliphatic carbocycles. The molecule has 1 aliphatic heterocycles. The number of rotatable bonds is 5. The summed E-state index contributed by atoms with van der Waals surface area (Å²) in [4.78, 5) is 14.7. The minimum atomic E-state index is -0.942. The predicted molar refractivity (Wildman–Crippen MR) is 116 cm³/mol. The molecule has 6 aliphatic rings. The maximum atomic E-state index is 12.5. The van der Waals surface area contributed by atoms with E-state index in [0.717, 1.165) is 38.8 Å². The number of piperidine rings is 1. The van der Waals surface area contributed by atoms with Crippen molar-refractivity contribution >= 4 is 5.97 Å². The first-order valence-electron chi connectivity index (χ1n) is 12.6. The Morgan fingerprint density at radius 3 is 2.66 bits per heavy atom. The van der Waals surface area contributed by atoms with Gasteiger partial charge >= 0.3 is 5.97 Å². The highest BCUT2D eigenvalue weighted by Gasteiger charge is 2.83. The quantitative estimate of drug-likeness (QED) is 0.614. The lowest BCUT2D eigenvalue weighted by molar-refractivity contribution is -0.274. The highest BCUT2D eigenvalue weighted by molar-refractivity contribution is 5.66. The van der Waals surface area contributed by atoms with E-state index in [2.05, 4.69) is 11.8 Å². The van der Waals surface area contributed by atoms with Gasteiger partial charge in [-0.05, 0) is 44.1 Å². The molecule has 32 heavy (non-hydrogen) atoms. The molecule has 0 aromatic carbocycles. The topological polar surface area (TPSA) is 88.5 Å². The van der Waals surface area contributed by atoms with Crippen LogP contribution in [-0.4, -0.2) is 85.0 Å². The van der Waals surface area contributed by atoms with Crippen LogP contribution in [0.4, 0.5) is 0 Å². The van der Waals surface area contributed by atoms with Crippen molar-refractivity contribution in [3.63, 3.8) is 0 Å². The van der Waals surface area contributed by atoms with Gasteiger partial charge in [-0.2, -0.15) is 0 Å². The first kappa shape index (κ1) is 21.8. The van der Waals surface area contributed by atoms with Crippen molar-refractivity contribution in [3.05, 3.63) is 0 Å². The van der Waals surface area contributed by atoms with E-state index in [1.165, 1.54) is 6.92 Å². The summed E-state index contributed by atoms with van der Waals surface area (Å²) in [5, 5.41) is 24.4. The van der Waals surface area contributed by atoms with Crippen LogP contribution in [0.5, 0.6) is 0 Å². The largest absolute Gasteiger partial charge is 0.462 e. The highest BCUT2D eigenvalue weighted by atomic mass is 16.5. The summed E-state index contributed by atoms with van der Waals surface area (Å²) in [5.74, 6) is 0.164. The van der Waals surface area contributed by atoms with Crippen molar-refractivity contribution in [3.8, 4) is 0 Å². The molecule has 3 unspecified atom stereocenters. The van der Waals surface area contributed by atoms with E-state index in [-0.39, 0.29) is 58.7 Å². The van der Waals surface area contributed by atoms with Gasteiger partial charge in [0.1, 0.15) is 6.10 Å². The average Bonchev–Trinajstić information content (AvgIpc) is 3.20. The third kappa shape index (κ3) is 2.28. The van der Waals surface area contributed by atoms with Crippen molar-refractivity contribution in [2.45, 2.75) is 75.9 Å². The number of hydrogen-bond acceptors (Lipinski definition) is 7. The lowest BCUT2D eigenvalue weighted by Gasteiger charge is -2.69. The first-order chi connectivity index (χ1) is 15.3. The van der Waals surface area contributed by atoms with Crippen LogP contribution < -0.4 is 0 Å². The van der Waals surface area contributed by atoms with E-state index < -0.39 is 11.7 Å². The number of likely N-dealkylation sites (tertiary alicyclic amines) is 1. The van der Waals surface area contributed by atoms with Crippen molar-refractivity contribution in [1.29, 1.82) is 0 Å². The van der Waals surface area contributed by atoms with Gasteiger partial charge in [-0.3, -0.25) is 9.69 Å². The van der Waals surface area contributed by atoms with Gasteiger partial charge in [0.25, 0.3) is 0 Å². The van der Waals surface area contributed by atoms with Crippen LogP contribution in [0.25, 0.3) is 0 Å². The van der Waals surface area contributed by atoms with Gasteiger partial charge in [0.2, 0.25) is 0 Å². The van der Waals surface area contributed by atoms with Crippen molar-refractivity contribution in [2.24, 2.45) is 40.4 Å². The molecule has 7 bridgehead atoms. The van der Waals surface area contributed by atoms with Gasteiger partial charge in [0, 0.05) is 68.7 Å². The number of aliphatic hydroxyl groups is 2. The molecular formula is C25H39NO6. The van der Waals surface area contributed by atoms with Crippen molar-refractivity contribution in [1.82, 2.24) is 4.90 Å². The number of nitrogens with zero attached hydrogens (tertiary/aromatic N) is 1. The lowest BCUT2D eigenvalue weighted by atomic mass is 9.43. The standard InChI is InChI=1S/C25H39NO6/c1-5-26-11-23(12-30-3)7-6-19(28)25-15-8-14-17(31-4)10-24(29,16(22(25)26)9-18(23)25)20(15)21(14)32-13(2)27/h14-22,28-29H,5-12H2,1-4H3/t14-,15?,16+,17+,18?,19+,20?,21+,22-,23+,24+,25-/m1/s1. The van der Waals surface area contributed by atoms with Crippen LogP contribution in [0.3, 0.4) is 0 Å². The molecule has 7 heteroatoms. The fraction of sp³-hybridized carbons (Fsp3) is 0.960. The Kier molecular flexibility index (Phi) is 4.70. The van der Waals surface area contributed by atoms with E-state index in [9.17, 15) is 15.0 Å². The summed E-state index contributed by atoms with van der Waals surface area (Å²) in [6.07, 6.45) is 3.27. The Morgan fingerprint density at radius 2 is 2.00 bits per heavy atom. The SMILES string of the molecule is CCN1C[C@]2(COC)CC[C@H](O)[C@@]34C5C[C@@H]6[C@@H](OC)C[C@@](O)(C5[C@H]6OC(C)=O)[C@@H](CC23)[C@@H]14. The zero-order chi connectivity index (χ0) is 22.6. The van der Waals surface area contributed by atoms with Crippen LogP contribution >= 0.6 is 0 Å². The maximum absolute atomic E-state index is 12.5. The monoisotopic (exact) mass is 449 g/mol. The molecule has 12 atom stereocenters. The lowest BCUT2D eigenvalue weighted by Crippen LogP contribution is -2.76. The Balaban J connectivity index is 1.56. The molecule has 7 nitrogen and oxygen atoms in total. The fourth-order valence-electron chi connectivity index (χ4n) is 10.7. The van der Waals surface area contributed by atoms with Gasteiger partial charge in [-0.15, -0.1) is 0 Å². The smallest absolute Gasteiger partial charge is 0.302 e. The van der Waals surface area contributed by atoms with Crippen molar-refractivity contribution < 1.29 is 29.2 Å². The number of ether oxygens (including phenoxy) is 3. The molecule has 2 N–H and O–H groups in total. The number of esters is 1. The summed E-state index contributed by atoms with van der Waals surface area (Å²) >= 11 is 0. The van der Waals surface area contributed by atoms with Gasteiger partial charge in [-0.25, -0.2) is 0 Å². The van der Waals surface area contributed by atoms with Crippen molar-refractivity contribution in [2.75, 3.05) is 33.9 Å². The molecule has 1 saturated heterocycles. The average molecular weight is 450 g/mol. The van der Waals surface area contributed by atoms with Gasteiger partial charge < -0.3 is 24.4 Å². The Morgan fingerprint density at radius 1 is 1.22 bits per heavy atom. The summed E-state index contributed by atoms with van der Waals surface area (Å²) in [7, 11) is 3.51. The molecule has 5 saturated carbocycles. The molecule has 0 radical (unpaired) electrons. The number of fused-ring (bicyclic) bond motifs is 2. The number of carbonyl (C=O) groups is 1. The molecule has 180 valence electrons. The van der Waals surface area contributed by atoms with Crippen LogP contribution in [0.15, 0.2) is 0 Å². The maximum Gasteiger partial charge on any atom is 0.302 e. The number of methoxy groups -OCH3 is 2. The molecule has 6 rings (SSSR count). The third-order valence-electron chi connectivity index (χ3n) is 11.2. The molecule has 6 fully saturated rings. The van der Waals surface area contributed by atoms with E-state index in [4.69, 9.17) is 14.2 Å². The number of hydrogen-bond donors (Lipinski definition) is 2. The van der Waals surface area contributed by atoms with Crippen LogP contribution in [0.2, 0.25) is 0 Å². The van der Waals surface area contributed by atoms with Gasteiger partial charge in [-0.1, -0.05) is 6.92 Å². The number of aliphatic hydroxyl groups excluding tert-OH is 1. The molecule has 1 spiro atoms. The summed E-state index contributed by atoms with van der Waals surface area (Å²) in [5.41, 5.74) is -1.20. The highest BCUT2D eigenvalue weighted by Crippen LogP contribution is 2.79. The third-order valence-corrected chi connectivity index (χ3v) is 11.2. The Hall–Kier alpha value is -0.730.